The van der Waals surface area contributed by atoms with Gasteiger partial charge in [0, 0.05) is 12.2 Å². The highest BCUT2D eigenvalue weighted by atomic mass is 16.4. The van der Waals surface area contributed by atoms with Crippen LogP contribution < -0.4 is 5.32 Å². The fraction of sp³-hybridized carbons (Fsp3) is 0.462. The summed E-state index contributed by atoms with van der Waals surface area (Å²) in [5.41, 5.74) is 2.11. The van der Waals surface area contributed by atoms with Gasteiger partial charge in [-0.2, -0.15) is 0 Å². The number of carboxylic acid groups (broad SMARTS) is 1. The van der Waals surface area contributed by atoms with E-state index in [4.69, 9.17) is 5.11 Å². The molecule has 1 aromatic carbocycles. The fourth-order valence-corrected chi connectivity index (χ4v) is 1.52. The lowest BCUT2D eigenvalue weighted by Crippen LogP contribution is -2.22. The summed E-state index contributed by atoms with van der Waals surface area (Å²) >= 11 is 0. The summed E-state index contributed by atoms with van der Waals surface area (Å²) in [7, 11) is 0. The van der Waals surface area contributed by atoms with Crippen LogP contribution in [0.3, 0.4) is 0 Å². The van der Waals surface area contributed by atoms with E-state index in [1.807, 2.05) is 24.3 Å². The van der Waals surface area contributed by atoms with Crippen LogP contribution in [0.15, 0.2) is 24.3 Å². The zero-order valence-corrected chi connectivity index (χ0v) is 10.2. The van der Waals surface area contributed by atoms with Gasteiger partial charge in [-0.15, -0.1) is 0 Å². The second-order valence-electron chi connectivity index (χ2n) is 4.41. The second kappa shape index (κ2) is 6.25. The lowest BCUT2D eigenvalue weighted by Gasteiger charge is -2.12. The number of nitrogens with one attached hydrogen (secondary N) is 1. The molecule has 0 fully saturated rings. The van der Waals surface area contributed by atoms with E-state index in [0.717, 1.165) is 5.69 Å². The van der Waals surface area contributed by atoms with Gasteiger partial charge in [-0.05, 0) is 23.6 Å². The molecule has 0 saturated carbocycles. The van der Waals surface area contributed by atoms with Crippen LogP contribution in [-0.4, -0.2) is 28.8 Å². The molecule has 0 amide bonds. The van der Waals surface area contributed by atoms with Gasteiger partial charge < -0.3 is 15.5 Å². The largest absolute Gasteiger partial charge is 0.481 e. The molecule has 1 unspecified atom stereocenters. The van der Waals surface area contributed by atoms with Gasteiger partial charge in [0.15, 0.2) is 0 Å². The van der Waals surface area contributed by atoms with Crippen LogP contribution in [0.1, 0.15) is 31.7 Å². The summed E-state index contributed by atoms with van der Waals surface area (Å²) in [5, 5.41) is 21.0. The van der Waals surface area contributed by atoms with Crippen molar-refractivity contribution in [3.8, 4) is 0 Å². The van der Waals surface area contributed by atoms with Gasteiger partial charge in [0.25, 0.3) is 0 Å². The number of aliphatic carboxylic acids is 1. The molecular formula is C13H19NO3. The lowest BCUT2D eigenvalue weighted by atomic mass is 10.0. The Morgan fingerprint density at radius 3 is 2.71 bits per heavy atom. The number of rotatable bonds is 6. The van der Waals surface area contributed by atoms with Crippen LogP contribution in [0.2, 0.25) is 0 Å². The Morgan fingerprint density at radius 1 is 1.41 bits per heavy atom. The summed E-state index contributed by atoms with van der Waals surface area (Å²) < 4.78 is 0. The Hall–Kier alpha value is -1.55. The number of hydrogen-bond acceptors (Lipinski definition) is 3. The maximum atomic E-state index is 10.4. The van der Waals surface area contributed by atoms with E-state index in [1.165, 1.54) is 5.56 Å². The molecule has 0 aliphatic carbocycles. The Kier molecular flexibility index (Phi) is 4.97. The molecule has 1 atom stereocenters. The number of aliphatic hydroxyl groups is 1. The predicted octanol–water partition coefficient (Wildman–Crippen LogP) is 2.06. The van der Waals surface area contributed by atoms with Crippen LogP contribution in [0.25, 0.3) is 0 Å². The Bertz CT molecular complexity index is 377. The topological polar surface area (TPSA) is 69.6 Å². The number of anilines is 1. The van der Waals surface area contributed by atoms with E-state index >= 15 is 0 Å². The van der Waals surface area contributed by atoms with Crippen LogP contribution in [0, 0.1) is 0 Å². The molecule has 0 bridgehead atoms. The van der Waals surface area contributed by atoms with Crippen molar-refractivity contribution in [3.05, 3.63) is 29.8 Å². The molecule has 0 radical (unpaired) electrons. The van der Waals surface area contributed by atoms with Crippen molar-refractivity contribution in [1.29, 1.82) is 0 Å². The van der Waals surface area contributed by atoms with Crippen molar-refractivity contribution in [3.63, 3.8) is 0 Å². The van der Waals surface area contributed by atoms with Crippen LogP contribution >= 0.6 is 0 Å². The molecule has 0 aliphatic rings. The highest BCUT2D eigenvalue weighted by Crippen LogP contribution is 2.18. The van der Waals surface area contributed by atoms with Crippen LogP contribution in [0.4, 0.5) is 5.69 Å². The zero-order chi connectivity index (χ0) is 12.8. The van der Waals surface area contributed by atoms with Crippen molar-refractivity contribution in [2.24, 2.45) is 0 Å². The fourth-order valence-electron chi connectivity index (χ4n) is 1.52. The number of carbonyl (C=O) groups is 1. The average molecular weight is 237 g/mol. The van der Waals surface area contributed by atoms with Gasteiger partial charge >= 0.3 is 5.97 Å². The molecule has 4 nitrogen and oxygen atoms in total. The summed E-state index contributed by atoms with van der Waals surface area (Å²) in [5.74, 6) is -0.545. The standard InChI is InChI=1S/C13H19NO3/c1-9(2)10-4-3-5-11(6-10)14-8-12(15)7-13(16)17/h3-6,9,12,14-15H,7-8H2,1-2H3,(H,16,17). The first kappa shape index (κ1) is 13.5. The molecule has 0 spiro atoms. The third-order valence-electron chi connectivity index (χ3n) is 2.51. The highest BCUT2D eigenvalue weighted by molar-refractivity contribution is 5.67. The van der Waals surface area contributed by atoms with E-state index in [-0.39, 0.29) is 13.0 Å². The first-order valence-corrected chi connectivity index (χ1v) is 5.72. The van der Waals surface area contributed by atoms with E-state index in [9.17, 15) is 9.90 Å². The molecule has 94 valence electrons. The van der Waals surface area contributed by atoms with Gasteiger partial charge in [-0.3, -0.25) is 4.79 Å². The van der Waals surface area contributed by atoms with E-state index in [1.54, 1.807) is 0 Å². The molecule has 1 aromatic rings. The molecule has 3 N–H and O–H groups in total. The first-order chi connectivity index (χ1) is 7.99. The van der Waals surface area contributed by atoms with Gasteiger partial charge in [0.1, 0.15) is 0 Å². The van der Waals surface area contributed by atoms with E-state index in [0.29, 0.717) is 5.92 Å². The lowest BCUT2D eigenvalue weighted by molar-refractivity contribution is -0.138. The summed E-state index contributed by atoms with van der Waals surface area (Å²) in [6.45, 7) is 4.46. The van der Waals surface area contributed by atoms with Gasteiger partial charge in [-0.25, -0.2) is 0 Å². The third-order valence-corrected chi connectivity index (χ3v) is 2.51. The summed E-state index contributed by atoms with van der Waals surface area (Å²) in [6, 6.07) is 7.91. The molecule has 1 rings (SSSR count). The van der Waals surface area contributed by atoms with Crippen molar-refractivity contribution in [1.82, 2.24) is 0 Å². The zero-order valence-electron chi connectivity index (χ0n) is 10.2. The smallest absolute Gasteiger partial charge is 0.306 e. The molecular weight excluding hydrogens is 218 g/mol. The Morgan fingerprint density at radius 2 is 2.12 bits per heavy atom. The third kappa shape index (κ3) is 4.87. The number of aliphatic hydroxyl groups excluding tert-OH is 1. The predicted molar refractivity (Wildman–Crippen MR) is 67.3 cm³/mol. The number of carboxylic acids is 1. The van der Waals surface area contributed by atoms with E-state index in [2.05, 4.69) is 19.2 Å². The van der Waals surface area contributed by atoms with Crippen molar-refractivity contribution < 1.29 is 15.0 Å². The molecule has 0 saturated heterocycles. The minimum absolute atomic E-state index is 0.239. The quantitative estimate of drug-likeness (QED) is 0.708. The van der Waals surface area contributed by atoms with Gasteiger partial charge in [0.2, 0.25) is 0 Å². The summed E-state index contributed by atoms with van der Waals surface area (Å²) in [4.78, 5) is 10.4. The normalized spacial score (nSPS) is 12.5. The first-order valence-electron chi connectivity index (χ1n) is 5.72. The molecule has 0 aromatic heterocycles. The van der Waals surface area contributed by atoms with Crippen molar-refractivity contribution in [2.75, 3.05) is 11.9 Å². The molecule has 0 aliphatic heterocycles. The van der Waals surface area contributed by atoms with Crippen molar-refractivity contribution in [2.45, 2.75) is 32.3 Å². The molecule has 0 heterocycles. The monoisotopic (exact) mass is 237 g/mol. The minimum atomic E-state index is -0.991. The molecule has 4 heteroatoms. The van der Waals surface area contributed by atoms with Gasteiger partial charge in [0.05, 0.1) is 12.5 Å². The molecule has 17 heavy (non-hydrogen) atoms. The van der Waals surface area contributed by atoms with E-state index < -0.39 is 12.1 Å². The maximum Gasteiger partial charge on any atom is 0.306 e. The SMILES string of the molecule is CC(C)c1cccc(NCC(O)CC(=O)O)c1. The van der Waals surface area contributed by atoms with Gasteiger partial charge in [-0.1, -0.05) is 26.0 Å². The van der Waals surface area contributed by atoms with Crippen LogP contribution in [0.5, 0.6) is 0 Å². The average Bonchev–Trinajstić information content (AvgIpc) is 2.26. The number of benzene rings is 1. The minimum Gasteiger partial charge on any atom is -0.481 e. The maximum absolute atomic E-state index is 10.4. The van der Waals surface area contributed by atoms with Crippen molar-refractivity contribution >= 4 is 11.7 Å². The summed E-state index contributed by atoms with van der Waals surface area (Å²) in [6.07, 6.45) is -1.10. The Labute approximate surface area is 101 Å². The highest BCUT2D eigenvalue weighted by Gasteiger charge is 2.09. The Balaban J connectivity index is 2.51. The number of hydrogen-bond donors (Lipinski definition) is 3. The van der Waals surface area contributed by atoms with Crippen LogP contribution in [-0.2, 0) is 4.79 Å². The second-order valence-corrected chi connectivity index (χ2v) is 4.41.